The van der Waals surface area contributed by atoms with Crippen LogP contribution in [0, 0.1) is 26.7 Å². The van der Waals surface area contributed by atoms with Crippen LogP contribution >= 0.6 is 0 Å². The zero-order valence-corrected chi connectivity index (χ0v) is 15.4. The van der Waals surface area contributed by atoms with Crippen molar-refractivity contribution in [3.8, 4) is 0 Å². The van der Waals surface area contributed by atoms with E-state index in [9.17, 15) is 18.8 Å². The van der Waals surface area contributed by atoms with Crippen LogP contribution in [-0.4, -0.2) is 42.9 Å². The Hall–Kier alpha value is -2.08. The van der Waals surface area contributed by atoms with E-state index in [2.05, 4.69) is 5.32 Å². The summed E-state index contributed by atoms with van der Waals surface area (Å²) in [7, 11) is 0. The van der Waals surface area contributed by atoms with Crippen molar-refractivity contribution in [2.45, 2.75) is 45.2 Å². The molecule has 1 amide bonds. The van der Waals surface area contributed by atoms with E-state index < -0.39 is 23.4 Å². The molecule has 5 nitrogen and oxygen atoms in total. The molecule has 6 heteroatoms. The number of hydrogen-bond acceptors (Lipinski definition) is 4. The molecule has 0 spiro atoms. The molecule has 1 saturated carbocycles. The molecule has 1 aliphatic heterocycles. The number of nitrogens with one attached hydrogen (secondary N) is 1. The van der Waals surface area contributed by atoms with Crippen molar-refractivity contribution < 1.29 is 23.5 Å². The highest BCUT2D eigenvalue weighted by molar-refractivity contribution is 6.15. The average molecular weight is 361 g/mol. The number of rotatable bonds is 5. The molecule has 2 fully saturated rings. The number of ketones is 2. The predicted octanol–water partition coefficient (Wildman–Crippen LogP) is 2.10. The van der Waals surface area contributed by atoms with E-state index in [0.717, 1.165) is 22.3 Å². The van der Waals surface area contributed by atoms with Crippen molar-refractivity contribution >= 4 is 17.5 Å². The maximum Gasteiger partial charge on any atom is 0.220 e. The van der Waals surface area contributed by atoms with Gasteiger partial charge in [-0.2, -0.15) is 0 Å². The van der Waals surface area contributed by atoms with Gasteiger partial charge in [0.05, 0.1) is 19.8 Å². The number of carbonyl (C=O) groups excluding carboxylic acids is 3. The first-order valence-corrected chi connectivity index (χ1v) is 8.88. The summed E-state index contributed by atoms with van der Waals surface area (Å²) < 4.78 is 18.7. The Labute approximate surface area is 152 Å². The summed E-state index contributed by atoms with van der Waals surface area (Å²) in [6, 6.07) is 3.93. The predicted molar refractivity (Wildman–Crippen MR) is 93.8 cm³/mol. The molecule has 2 unspecified atom stereocenters. The molecular weight excluding hydrogens is 337 g/mol. The summed E-state index contributed by atoms with van der Waals surface area (Å²) in [6.45, 7) is 5.60. The Bertz CT molecular complexity index is 746. The van der Waals surface area contributed by atoms with Crippen molar-refractivity contribution in [2.24, 2.45) is 5.92 Å². The highest BCUT2D eigenvalue weighted by atomic mass is 19.1. The Balaban J connectivity index is 1.68. The van der Waals surface area contributed by atoms with Gasteiger partial charge < -0.3 is 10.1 Å². The van der Waals surface area contributed by atoms with Gasteiger partial charge in [0.2, 0.25) is 5.91 Å². The van der Waals surface area contributed by atoms with Crippen LogP contribution in [0.5, 0.6) is 0 Å². The zero-order chi connectivity index (χ0) is 19.1. The van der Waals surface area contributed by atoms with Gasteiger partial charge in [0.1, 0.15) is 11.7 Å². The van der Waals surface area contributed by atoms with Crippen molar-refractivity contribution in [3.05, 3.63) is 34.4 Å². The molecule has 2 aliphatic rings. The lowest BCUT2D eigenvalue weighted by atomic mass is 9.86. The summed E-state index contributed by atoms with van der Waals surface area (Å²) in [5.41, 5.74) is 2.18. The molecule has 1 aliphatic carbocycles. The van der Waals surface area contributed by atoms with Crippen molar-refractivity contribution in [1.82, 2.24) is 5.32 Å². The number of alkyl halides is 1. The van der Waals surface area contributed by atoms with Gasteiger partial charge in [-0.25, -0.2) is 4.39 Å². The number of hydrogen-bond donors (Lipinski definition) is 1. The summed E-state index contributed by atoms with van der Waals surface area (Å²) in [6.07, 6.45) is -0.0183. The topological polar surface area (TPSA) is 72.5 Å². The number of ether oxygens (including phenoxy) is 1. The van der Waals surface area contributed by atoms with Gasteiger partial charge in [0, 0.05) is 18.8 Å². The van der Waals surface area contributed by atoms with E-state index in [0.29, 0.717) is 0 Å². The maximum atomic E-state index is 13.9. The molecule has 0 radical (unpaired) electrons. The van der Waals surface area contributed by atoms with Crippen molar-refractivity contribution in [3.63, 3.8) is 0 Å². The largest absolute Gasteiger partial charge is 0.374 e. The molecule has 1 aromatic rings. The quantitative estimate of drug-likeness (QED) is 0.815. The fourth-order valence-corrected chi connectivity index (χ4v) is 3.96. The second-order valence-electron chi connectivity index (χ2n) is 7.64. The number of halogens is 1. The van der Waals surface area contributed by atoms with Crippen LogP contribution in [0.1, 0.15) is 41.0 Å². The first-order chi connectivity index (χ1) is 12.2. The Morgan fingerprint density at radius 3 is 2.38 bits per heavy atom. The van der Waals surface area contributed by atoms with E-state index in [-0.39, 0.29) is 44.2 Å². The van der Waals surface area contributed by atoms with E-state index >= 15 is 0 Å². The minimum Gasteiger partial charge on any atom is -0.374 e. The lowest BCUT2D eigenvalue weighted by molar-refractivity contribution is -0.137. The van der Waals surface area contributed by atoms with E-state index in [1.165, 1.54) is 0 Å². The van der Waals surface area contributed by atoms with Gasteiger partial charge in [-0.15, -0.1) is 0 Å². The van der Waals surface area contributed by atoms with Gasteiger partial charge in [0.25, 0.3) is 0 Å². The lowest BCUT2D eigenvalue weighted by Gasteiger charge is -2.33. The fraction of sp³-hybridized carbons (Fsp3) is 0.550. The van der Waals surface area contributed by atoms with E-state index in [1.54, 1.807) is 0 Å². The van der Waals surface area contributed by atoms with E-state index in [4.69, 9.17) is 4.74 Å². The van der Waals surface area contributed by atoms with Gasteiger partial charge in [-0.3, -0.25) is 14.4 Å². The third kappa shape index (κ3) is 3.56. The van der Waals surface area contributed by atoms with Gasteiger partial charge >= 0.3 is 0 Å². The van der Waals surface area contributed by atoms with Crippen LogP contribution in [-0.2, 0) is 19.1 Å². The number of carbonyl (C=O) groups is 3. The van der Waals surface area contributed by atoms with Crippen LogP contribution in [0.2, 0.25) is 0 Å². The zero-order valence-electron chi connectivity index (χ0n) is 15.4. The molecule has 3 rings (SSSR count). The number of Topliss-reactive ketones (excluding diaryl/α,β-unsaturated/α-hetero) is 2. The number of benzene rings is 1. The average Bonchev–Trinajstić information content (AvgIpc) is 2.78. The van der Waals surface area contributed by atoms with E-state index in [1.807, 2.05) is 32.9 Å². The van der Waals surface area contributed by atoms with Crippen LogP contribution in [0.4, 0.5) is 4.39 Å². The Morgan fingerprint density at radius 2 is 1.85 bits per heavy atom. The van der Waals surface area contributed by atoms with Crippen molar-refractivity contribution in [1.29, 1.82) is 0 Å². The maximum absolute atomic E-state index is 13.9. The third-order valence-corrected chi connectivity index (χ3v) is 5.24. The van der Waals surface area contributed by atoms with Crippen molar-refractivity contribution in [2.75, 3.05) is 19.8 Å². The van der Waals surface area contributed by atoms with Gasteiger partial charge in [-0.05, 0) is 37.5 Å². The first-order valence-electron chi connectivity index (χ1n) is 8.88. The minimum atomic E-state index is -1.51. The second kappa shape index (κ2) is 6.91. The normalized spacial score (nSPS) is 24.5. The molecule has 1 saturated heterocycles. The molecule has 2 atom stereocenters. The molecule has 1 heterocycles. The molecule has 0 aromatic heterocycles. The molecule has 1 aromatic carbocycles. The SMILES string of the molecule is Cc1cc(C)c(C2C(=O)CC(CC(=O)NCC3(F)COC3)C2=O)c(C)c1. The third-order valence-electron chi connectivity index (χ3n) is 5.24. The second-order valence-corrected chi connectivity index (χ2v) is 7.64. The monoisotopic (exact) mass is 361 g/mol. The van der Waals surface area contributed by atoms with Crippen LogP contribution in [0.15, 0.2) is 12.1 Å². The summed E-state index contributed by atoms with van der Waals surface area (Å²) in [5, 5.41) is 2.51. The molecule has 1 N–H and O–H groups in total. The van der Waals surface area contributed by atoms with Gasteiger partial charge in [0.15, 0.2) is 11.5 Å². The molecule has 26 heavy (non-hydrogen) atoms. The van der Waals surface area contributed by atoms with Gasteiger partial charge in [-0.1, -0.05) is 17.7 Å². The minimum absolute atomic E-state index is 0.0256. The summed E-state index contributed by atoms with van der Waals surface area (Å²) in [4.78, 5) is 37.4. The molecule has 140 valence electrons. The number of aryl methyl sites for hydroxylation is 3. The summed E-state index contributed by atoms with van der Waals surface area (Å²) in [5.74, 6) is -2.18. The molecular formula is C20H24FNO4. The Kier molecular flexibility index (Phi) is 4.97. The smallest absolute Gasteiger partial charge is 0.220 e. The molecule has 0 bridgehead atoms. The highest BCUT2D eigenvalue weighted by Gasteiger charge is 2.44. The fourth-order valence-electron chi connectivity index (χ4n) is 3.96. The Morgan fingerprint density at radius 1 is 1.23 bits per heavy atom. The van der Waals surface area contributed by atoms with Crippen LogP contribution in [0.3, 0.4) is 0 Å². The standard InChI is InChI=1S/C20H24FNO4/c1-11-4-12(2)17(13(3)5-11)18-15(23)6-14(19(18)25)7-16(24)22-8-20(21)9-26-10-20/h4-5,14,18H,6-10H2,1-3H3,(H,22,24). The first kappa shape index (κ1) is 18.7. The number of amides is 1. The lowest BCUT2D eigenvalue weighted by Crippen LogP contribution is -2.53. The summed E-state index contributed by atoms with van der Waals surface area (Å²) >= 11 is 0. The highest BCUT2D eigenvalue weighted by Crippen LogP contribution is 2.37. The van der Waals surface area contributed by atoms with Crippen LogP contribution in [0.25, 0.3) is 0 Å². The van der Waals surface area contributed by atoms with Crippen LogP contribution < -0.4 is 5.32 Å².